The second-order valence-corrected chi connectivity index (χ2v) is 3.64. The van der Waals surface area contributed by atoms with Crippen molar-refractivity contribution >= 4 is 11.2 Å². The zero-order valence-corrected chi connectivity index (χ0v) is 9.91. The van der Waals surface area contributed by atoms with Crippen LogP contribution in [0.15, 0.2) is 15.9 Å². The molecule has 7 heteroatoms. The Balaban J connectivity index is 2.86. The number of aryl methyl sites for hydroxylation is 2. The second-order valence-electron chi connectivity index (χ2n) is 3.64. The van der Waals surface area contributed by atoms with Gasteiger partial charge < -0.3 is 9.67 Å². The van der Waals surface area contributed by atoms with E-state index in [2.05, 4.69) is 4.98 Å². The maximum atomic E-state index is 13.0. The summed E-state index contributed by atoms with van der Waals surface area (Å²) in [5.74, 6) is 0. The highest BCUT2D eigenvalue weighted by Gasteiger charge is 2.14. The topological polar surface area (TPSA) is 82.1 Å². The fourth-order valence-corrected chi connectivity index (χ4v) is 1.50. The molecule has 0 radical (unpaired) electrons. The van der Waals surface area contributed by atoms with Gasteiger partial charge in [-0.05, 0) is 26.0 Å². The summed E-state index contributed by atoms with van der Waals surface area (Å²) in [6, 6.07) is 0. The normalized spacial score (nSPS) is 28.1. The molecule has 2 heterocycles. The molecular formula is C13H20N4O3. The molecule has 1 atom stereocenters. The predicted molar refractivity (Wildman–Crippen MR) is 75.7 cm³/mol. The molecule has 0 aliphatic carbocycles. The molecule has 0 aliphatic rings. The van der Waals surface area contributed by atoms with Crippen LogP contribution in [0.5, 0.6) is 0 Å². The lowest BCUT2D eigenvalue weighted by Gasteiger charge is -2.09. The molecular weight excluding hydrogens is 260 g/mol. The molecule has 2 rings (SSSR count). The maximum absolute atomic E-state index is 13.0. The summed E-state index contributed by atoms with van der Waals surface area (Å²) in [6.45, 7) is -11.6. The van der Waals surface area contributed by atoms with E-state index >= 15 is 0 Å². The molecule has 0 aliphatic heterocycles. The van der Waals surface area contributed by atoms with E-state index in [1.165, 1.54) is 0 Å². The molecule has 1 N–H and O–H groups in total. The summed E-state index contributed by atoms with van der Waals surface area (Å²) < 4.78 is 114. The van der Waals surface area contributed by atoms with Gasteiger partial charge in [-0.2, -0.15) is 0 Å². The molecule has 20 heavy (non-hydrogen) atoms. The number of aromatic nitrogens is 4. The van der Waals surface area contributed by atoms with E-state index in [9.17, 15) is 14.7 Å². The van der Waals surface area contributed by atoms with Crippen molar-refractivity contribution in [1.82, 2.24) is 18.7 Å². The van der Waals surface area contributed by atoms with Crippen molar-refractivity contribution in [2.75, 3.05) is 0 Å². The maximum Gasteiger partial charge on any atom is 0.332 e. The molecule has 2 aromatic heterocycles. The van der Waals surface area contributed by atoms with Crippen LogP contribution in [0.4, 0.5) is 0 Å². The van der Waals surface area contributed by atoms with Crippen LogP contribution in [-0.4, -0.2) is 29.9 Å². The van der Waals surface area contributed by atoms with Gasteiger partial charge >= 0.3 is 5.69 Å². The van der Waals surface area contributed by atoms with Gasteiger partial charge in [0.05, 0.1) is 12.4 Å². The highest BCUT2D eigenvalue weighted by atomic mass is 16.3. The molecule has 1 unspecified atom stereocenters. The van der Waals surface area contributed by atoms with Crippen molar-refractivity contribution in [2.45, 2.75) is 38.6 Å². The minimum Gasteiger partial charge on any atom is -0.393 e. The van der Waals surface area contributed by atoms with Crippen molar-refractivity contribution in [3.63, 3.8) is 0 Å². The van der Waals surface area contributed by atoms with E-state index in [4.69, 9.17) is 20.6 Å². The standard InChI is InChI=1S/C13H20N4O3/c1-9(18)6-4-5-7-17-12(19)10-11(14-8-15(10)2)16(3)13(17)20/h8-9,18H,4-7H2,1-3H3/i1D3,2D3,3D3,4D2,5D2,6D2. The zero-order chi connectivity index (χ0) is 27.7. The first-order chi connectivity index (χ1) is 15.3. The smallest absolute Gasteiger partial charge is 0.332 e. The first kappa shape index (κ1) is 4.56. The van der Waals surface area contributed by atoms with Crippen LogP contribution in [0.1, 0.15) is 46.5 Å². The molecule has 0 saturated carbocycles. The monoisotopic (exact) mass is 295 g/mol. The van der Waals surface area contributed by atoms with Crippen molar-refractivity contribution in [2.24, 2.45) is 14.0 Å². The van der Waals surface area contributed by atoms with Crippen LogP contribution in [0, 0.1) is 0 Å². The first-order valence-electron chi connectivity index (χ1n) is 12.7. The molecule has 0 amide bonds. The van der Waals surface area contributed by atoms with E-state index in [1.807, 2.05) is 0 Å². The molecule has 7 nitrogen and oxygen atoms in total. The summed E-state index contributed by atoms with van der Waals surface area (Å²) in [4.78, 5) is 29.5. The van der Waals surface area contributed by atoms with Gasteiger partial charge in [-0.3, -0.25) is 13.9 Å². The van der Waals surface area contributed by atoms with Crippen molar-refractivity contribution < 1.29 is 25.7 Å². The van der Waals surface area contributed by atoms with Gasteiger partial charge in [0, 0.05) is 41.1 Å². The number of rotatable bonds is 5. The fourth-order valence-electron chi connectivity index (χ4n) is 1.50. The van der Waals surface area contributed by atoms with Gasteiger partial charge in [0.15, 0.2) is 11.2 Å². The quantitative estimate of drug-likeness (QED) is 0.841. The number of fused-ring (bicyclic) bond motifs is 1. The number of hydrogen-bond acceptors (Lipinski definition) is 4. The van der Waals surface area contributed by atoms with E-state index < -0.39 is 75.0 Å². The number of imidazole rings is 1. The van der Waals surface area contributed by atoms with E-state index in [0.29, 0.717) is 6.33 Å². The lowest BCUT2D eigenvalue weighted by Crippen LogP contribution is -2.39. The largest absolute Gasteiger partial charge is 0.393 e. The average molecular weight is 295 g/mol. The van der Waals surface area contributed by atoms with Crippen LogP contribution in [0.2, 0.25) is 0 Å². The Labute approximate surface area is 137 Å². The third-order valence-corrected chi connectivity index (χ3v) is 2.36. The van der Waals surface area contributed by atoms with E-state index in [1.54, 1.807) is 0 Å². The van der Waals surface area contributed by atoms with Crippen LogP contribution in [0.25, 0.3) is 11.2 Å². The second kappa shape index (κ2) is 5.62. The third-order valence-electron chi connectivity index (χ3n) is 2.36. The molecule has 0 saturated heterocycles. The zero-order valence-electron chi connectivity index (χ0n) is 24.9. The molecule has 2 aromatic rings. The number of aliphatic hydroxyl groups excluding tert-OH is 1. The number of aliphatic hydroxyl groups is 1. The Morgan fingerprint density at radius 2 is 2.30 bits per heavy atom. The average Bonchev–Trinajstić information content (AvgIpc) is 3.07. The summed E-state index contributed by atoms with van der Waals surface area (Å²) in [5, 5.41) is 9.85. The summed E-state index contributed by atoms with van der Waals surface area (Å²) in [7, 11) is 0. The van der Waals surface area contributed by atoms with E-state index in [0.717, 1.165) is 0 Å². The van der Waals surface area contributed by atoms with Gasteiger partial charge in [-0.25, -0.2) is 9.78 Å². The van der Waals surface area contributed by atoms with Gasteiger partial charge in [-0.15, -0.1) is 0 Å². The Morgan fingerprint density at radius 3 is 3.00 bits per heavy atom. The van der Waals surface area contributed by atoms with Crippen LogP contribution in [0.3, 0.4) is 0 Å². The Bertz CT molecular complexity index is 1230. The summed E-state index contributed by atoms with van der Waals surface area (Å²) >= 11 is 0. The summed E-state index contributed by atoms with van der Waals surface area (Å²) in [5.41, 5.74) is -5.14. The molecule has 0 fully saturated rings. The van der Waals surface area contributed by atoms with Crippen LogP contribution >= 0.6 is 0 Å². The summed E-state index contributed by atoms with van der Waals surface area (Å²) in [6.07, 6.45) is -13.8. The van der Waals surface area contributed by atoms with Gasteiger partial charge in [0.25, 0.3) is 5.56 Å². The van der Waals surface area contributed by atoms with Gasteiger partial charge in [-0.1, -0.05) is 0 Å². The minimum absolute atomic E-state index is 0.0798. The van der Waals surface area contributed by atoms with Crippen LogP contribution in [-0.2, 0) is 20.5 Å². The Kier molecular flexibility index (Phi) is 1.28. The molecule has 0 aromatic carbocycles. The van der Waals surface area contributed by atoms with Gasteiger partial charge in [0.2, 0.25) is 0 Å². The van der Waals surface area contributed by atoms with Crippen molar-refractivity contribution in [3.05, 3.63) is 27.2 Å². The lowest BCUT2D eigenvalue weighted by molar-refractivity contribution is 0.180. The highest BCUT2D eigenvalue weighted by Crippen LogP contribution is 2.04. The van der Waals surface area contributed by atoms with Crippen molar-refractivity contribution in [3.8, 4) is 0 Å². The Hall–Kier alpha value is -1.89. The van der Waals surface area contributed by atoms with Gasteiger partial charge in [0.1, 0.15) is 0 Å². The first-order valence-corrected chi connectivity index (χ1v) is 5.22. The van der Waals surface area contributed by atoms with Crippen LogP contribution < -0.4 is 11.2 Å². The van der Waals surface area contributed by atoms with E-state index in [-0.39, 0.29) is 13.7 Å². The molecule has 110 valence electrons. The highest BCUT2D eigenvalue weighted by molar-refractivity contribution is 5.69. The fraction of sp³-hybridized carbons (Fsp3) is 0.615. The Morgan fingerprint density at radius 1 is 1.45 bits per heavy atom. The van der Waals surface area contributed by atoms with Crippen molar-refractivity contribution in [1.29, 1.82) is 0 Å². The number of nitrogens with zero attached hydrogens (tertiary/aromatic N) is 4. The minimum atomic E-state index is -3.89. The lowest BCUT2D eigenvalue weighted by atomic mass is 10.2. The molecule has 0 bridgehead atoms. The SMILES string of the molecule is [2H]C([2H])([2H])C(O)C([2H])([2H])C([2H])([2H])C([2H])([2H])Cn1c(=O)c2c(ncn2C([2H])([2H])[2H])n(C([2H])([2H])[2H])c1=O. The predicted octanol–water partition coefficient (Wildman–Crippen LogP) is -0.0152. The molecule has 0 spiro atoms. The third kappa shape index (κ3) is 2.53. The number of hydrogen-bond donors (Lipinski definition) is 1.